The van der Waals surface area contributed by atoms with Gasteiger partial charge in [0.15, 0.2) is 6.10 Å². The quantitative estimate of drug-likeness (QED) is 0.305. The van der Waals surface area contributed by atoms with E-state index in [2.05, 4.69) is 26.1 Å². The van der Waals surface area contributed by atoms with Crippen LogP contribution in [0.5, 0.6) is 11.8 Å². The zero-order chi connectivity index (χ0) is 26.7. The minimum atomic E-state index is -4.65. The van der Waals surface area contributed by atoms with Crippen LogP contribution < -0.4 is 10.1 Å². The summed E-state index contributed by atoms with van der Waals surface area (Å²) in [5.41, 5.74) is 2.79. The summed E-state index contributed by atoms with van der Waals surface area (Å²) < 4.78 is 50.0. The van der Waals surface area contributed by atoms with Crippen LogP contribution in [0.4, 0.5) is 23.7 Å². The first-order valence-electron chi connectivity index (χ1n) is 11.3. The van der Waals surface area contributed by atoms with E-state index >= 15 is 0 Å². The molecule has 37 heavy (non-hydrogen) atoms. The summed E-state index contributed by atoms with van der Waals surface area (Å²) in [6, 6.07) is 15.8. The molecule has 0 radical (unpaired) electrons. The molecule has 0 aliphatic heterocycles. The highest BCUT2D eigenvalue weighted by atomic mass is 19.4. The number of ether oxygens (including phenoxy) is 2. The lowest BCUT2D eigenvalue weighted by Gasteiger charge is -2.17. The van der Waals surface area contributed by atoms with Crippen molar-refractivity contribution in [3.05, 3.63) is 66.5 Å². The summed E-state index contributed by atoms with van der Waals surface area (Å²) in [6.07, 6.45) is -4.98. The molecule has 1 atom stereocenters. The number of alkyl halides is 3. The maximum Gasteiger partial charge on any atom is 0.425 e. The molecule has 8 nitrogen and oxygen atoms in total. The number of fused-ring (bicyclic) bond motifs is 1. The molecular weight excluding hydrogens is 487 g/mol. The summed E-state index contributed by atoms with van der Waals surface area (Å²) in [6.45, 7) is 4.71. The zero-order valence-electron chi connectivity index (χ0n) is 20.1. The van der Waals surface area contributed by atoms with Gasteiger partial charge in [0.05, 0.1) is 16.8 Å². The Morgan fingerprint density at radius 1 is 1.08 bits per heavy atom. The number of nitrogens with zero attached hydrogens (tertiary/aromatic N) is 4. The number of nitrogens with one attached hydrogen (secondary N) is 1. The van der Waals surface area contributed by atoms with Gasteiger partial charge in [-0.1, -0.05) is 12.1 Å². The lowest BCUT2D eigenvalue weighted by molar-refractivity contribution is -0.196. The minimum Gasteiger partial charge on any atom is -0.437 e. The summed E-state index contributed by atoms with van der Waals surface area (Å²) in [7, 11) is 0. The predicted molar refractivity (Wildman–Crippen MR) is 130 cm³/mol. The van der Waals surface area contributed by atoms with Gasteiger partial charge in [-0.05, 0) is 56.7 Å². The topological polar surface area (TPSA) is 102 Å². The first-order chi connectivity index (χ1) is 17.6. The number of hydrogen-bond acceptors (Lipinski definition) is 6. The number of rotatable bonds is 6. The van der Waals surface area contributed by atoms with Crippen molar-refractivity contribution in [2.24, 2.45) is 0 Å². The highest BCUT2D eigenvalue weighted by Gasteiger charge is 2.39. The van der Waals surface area contributed by atoms with Crippen LogP contribution in [0.25, 0.3) is 22.2 Å². The molecule has 1 N–H and O–H groups in total. The largest absolute Gasteiger partial charge is 0.437 e. The van der Waals surface area contributed by atoms with Gasteiger partial charge < -0.3 is 14.0 Å². The van der Waals surface area contributed by atoms with Crippen molar-refractivity contribution in [1.82, 2.24) is 14.5 Å². The van der Waals surface area contributed by atoms with E-state index in [0.29, 0.717) is 22.6 Å². The SMILES string of the molecule is CC(C)n1c(-c2ccc(NC(=O)O[C@H](C)C(F)(F)F)cc2)c(C#N)c2ccc(Oc3ncccn3)cc21. The second-order valence-corrected chi connectivity index (χ2v) is 8.40. The summed E-state index contributed by atoms with van der Waals surface area (Å²) in [5, 5.41) is 13.0. The Labute approximate surface area is 210 Å². The molecule has 2 aromatic heterocycles. The molecule has 190 valence electrons. The van der Waals surface area contributed by atoms with Crippen LogP contribution in [-0.2, 0) is 4.74 Å². The Kier molecular flexibility index (Phi) is 7.02. The Morgan fingerprint density at radius 3 is 2.35 bits per heavy atom. The molecule has 2 aromatic carbocycles. The van der Waals surface area contributed by atoms with E-state index in [4.69, 9.17) is 4.74 Å². The van der Waals surface area contributed by atoms with Crippen molar-refractivity contribution in [1.29, 1.82) is 5.26 Å². The Balaban J connectivity index is 1.67. The maximum absolute atomic E-state index is 12.6. The molecule has 0 aliphatic rings. The average molecular weight is 509 g/mol. The number of carbonyl (C=O) groups excluding carboxylic acids is 1. The number of benzene rings is 2. The van der Waals surface area contributed by atoms with Gasteiger partial charge in [0.2, 0.25) is 0 Å². The van der Waals surface area contributed by atoms with E-state index in [1.54, 1.807) is 42.7 Å². The molecule has 11 heteroatoms. The van der Waals surface area contributed by atoms with Gasteiger partial charge in [-0.3, -0.25) is 5.32 Å². The van der Waals surface area contributed by atoms with Crippen molar-refractivity contribution in [2.45, 2.75) is 39.1 Å². The highest BCUT2D eigenvalue weighted by Crippen LogP contribution is 2.38. The lowest BCUT2D eigenvalue weighted by Crippen LogP contribution is -2.32. The standard InChI is InChI=1S/C26H22F3N5O3/c1-15(2)34-22-13-19(37-24-31-11-4-12-32-24)9-10-20(22)21(14-30)23(34)17-5-7-18(8-6-17)33-25(35)36-16(3)26(27,28)29/h4-13,15-16H,1-3H3,(H,33,35)/t16-/m1/s1. The van der Waals surface area contributed by atoms with Gasteiger partial charge in [0, 0.05) is 35.6 Å². The van der Waals surface area contributed by atoms with Crippen molar-refractivity contribution >= 4 is 22.7 Å². The van der Waals surface area contributed by atoms with Crippen LogP contribution in [0, 0.1) is 11.3 Å². The first kappa shape index (κ1) is 25.5. The van der Waals surface area contributed by atoms with Crippen LogP contribution in [0.3, 0.4) is 0 Å². The number of carbonyl (C=O) groups is 1. The molecule has 0 aliphatic carbocycles. The monoisotopic (exact) mass is 509 g/mol. The second kappa shape index (κ2) is 10.2. The predicted octanol–water partition coefficient (Wildman–Crippen LogP) is 6.84. The van der Waals surface area contributed by atoms with Gasteiger partial charge in [0.25, 0.3) is 0 Å². The molecule has 0 fully saturated rings. The third-order valence-corrected chi connectivity index (χ3v) is 5.50. The number of halogens is 3. The van der Waals surface area contributed by atoms with Gasteiger partial charge in [-0.15, -0.1) is 0 Å². The molecule has 0 saturated carbocycles. The molecule has 0 spiro atoms. The van der Waals surface area contributed by atoms with E-state index in [0.717, 1.165) is 17.8 Å². The minimum absolute atomic E-state index is 0.0422. The fourth-order valence-electron chi connectivity index (χ4n) is 3.82. The van der Waals surface area contributed by atoms with Crippen molar-refractivity contribution in [2.75, 3.05) is 5.32 Å². The third kappa shape index (κ3) is 5.48. The van der Waals surface area contributed by atoms with Gasteiger partial charge in [0.1, 0.15) is 11.8 Å². The van der Waals surface area contributed by atoms with Gasteiger partial charge in [-0.2, -0.15) is 18.4 Å². The number of aromatic nitrogens is 3. The zero-order valence-corrected chi connectivity index (χ0v) is 20.1. The van der Waals surface area contributed by atoms with Crippen molar-refractivity contribution < 1.29 is 27.4 Å². The number of anilines is 1. The third-order valence-electron chi connectivity index (χ3n) is 5.50. The van der Waals surface area contributed by atoms with Gasteiger partial charge >= 0.3 is 18.3 Å². The van der Waals surface area contributed by atoms with Crippen molar-refractivity contribution in [3.63, 3.8) is 0 Å². The molecule has 0 bridgehead atoms. The van der Waals surface area contributed by atoms with Crippen LogP contribution in [0.1, 0.15) is 32.4 Å². The number of nitriles is 1. The van der Waals surface area contributed by atoms with Crippen LogP contribution in [0.15, 0.2) is 60.9 Å². The Hall–Kier alpha value is -4.59. The van der Waals surface area contributed by atoms with Gasteiger partial charge in [-0.25, -0.2) is 14.8 Å². The fraction of sp³-hybridized carbons (Fsp3) is 0.231. The Bertz CT molecular complexity index is 1460. The number of hydrogen-bond donors (Lipinski definition) is 1. The molecular formula is C26H22F3N5O3. The van der Waals surface area contributed by atoms with Crippen LogP contribution in [-0.4, -0.2) is 32.9 Å². The van der Waals surface area contributed by atoms with Crippen LogP contribution >= 0.6 is 0 Å². The van der Waals surface area contributed by atoms with E-state index in [-0.39, 0.29) is 17.7 Å². The molecule has 4 aromatic rings. The summed E-state index contributed by atoms with van der Waals surface area (Å²) in [4.78, 5) is 20.0. The highest BCUT2D eigenvalue weighted by molar-refractivity contribution is 5.96. The summed E-state index contributed by atoms with van der Waals surface area (Å²) >= 11 is 0. The fourth-order valence-corrected chi connectivity index (χ4v) is 3.82. The molecule has 4 rings (SSSR count). The first-order valence-corrected chi connectivity index (χ1v) is 11.3. The van der Waals surface area contributed by atoms with E-state index in [1.165, 1.54) is 12.1 Å². The molecule has 1 amide bonds. The molecule has 0 saturated heterocycles. The van der Waals surface area contributed by atoms with Crippen molar-refractivity contribution in [3.8, 4) is 29.1 Å². The van der Waals surface area contributed by atoms with E-state index in [9.17, 15) is 23.2 Å². The van der Waals surface area contributed by atoms with Crippen LogP contribution in [0.2, 0.25) is 0 Å². The van der Waals surface area contributed by atoms with E-state index in [1.807, 2.05) is 24.5 Å². The molecule has 2 heterocycles. The normalized spacial score (nSPS) is 12.3. The smallest absolute Gasteiger partial charge is 0.425 e. The second-order valence-electron chi connectivity index (χ2n) is 8.40. The number of amides is 1. The lowest BCUT2D eigenvalue weighted by atomic mass is 10.1. The Morgan fingerprint density at radius 2 is 1.76 bits per heavy atom. The van der Waals surface area contributed by atoms with E-state index < -0.39 is 18.4 Å². The molecule has 0 unspecified atom stereocenters. The maximum atomic E-state index is 12.6. The summed E-state index contributed by atoms with van der Waals surface area (Å²) in [5.74, 6) is 0.500. The average Bonchev–Trinajstić information content (AvgIpc) is 3.18.